The smallest absolute Gasteiger partial charge is 0.279 e. The van der Waals surface area contributed by atoms with E-state index in [-0.39, 0.29) is 17.0 Å². The van der Waals surface area contributed by atoms with Gasteiger partial charge in [0.25, 0.3) is 11.8 Å². The van der Waals surface area contributed by atoms with Crippen molar-refractivity contribution < 1.29 is 19.1 Å². The molecule has 1 unspecified atom stereocenters. The zero-order valence-corrected chi connectivity index (χ0v) is 18.9. The van der Waals surface area contributed by atoms with Crippen molar-refractivity contribution in [3.63, 3.8) is 0 Å². The molecule has 0 saturated carbocycles. The van der Waals surface area contributed by atoms with E-state index in [1.165, 1.54) is 18.6 Å². The molecule has 0 aromatic heterocycles. The topological polar surface area (TPSA) is 76.7 Å². The molecule has 2 rings (SSSR count). The van der Waals surface area contributed by atoms with Gasteiger partial charge in [-0.05, 0) is 54.7 Å². The SMILES string of the molecule is CCC(C)(C)c1ccc(OCC(=O)NNC(=O)C(C)Oc2ccc(Cl)cc2Cl)cc1. The van der Waals surface area contributed by atoms with E-state index in [1.807, 2.05) is 24.3 Å². The van der Waals surface area contributed by atoms with Gasteiger partial charge in [-0.2, -0.15) is 0 Å². The van der Waals surface area contributed by atoms with Gasteiger partial charge >= 0.3 is 0 Å². The van der Waals surface area contributed by atoms with Crippen LogP contribution in [0.2, 0.25) is 10.0 Å². The molecule has 0 radical (unpaired) electrons. The van der Waals surface area contributed by atoms with Crippen molar-refractivity contribution >= 4 is 35.0 Å². The van der Waals surface area contributed by atoms with Crippen LogP contribution in [0.15, 0.2) is 42.5 Å². The Bertz CT molecular complexity index is 885. The quantitative estimate of drug-likeness (QED) is 0.570. The first-order chi connectivity index (χ1) is 14.1. The van der Waals surface area contributed by atoms with Crippen LogP contribution >= 0.6 is 23.2 Å². The van der Waals surface area contributed by atoms with Crippen LogP contribution in [-0.2, 0) is 15.0 Å². The number of hydrogen-bond donors (Lipinski definition) is 2. The Balaban J connectivity index is 1.77. The summed E-state index contributed by atoms with van der Waals surface area (Å²) in [6, 6.07) is 12.3. The summed E-state index contributed by atoms with van der Waals surface area (Å²) in [5, 5.41) is 0.744. The Kier molecular flexibility index (Phi) is 8.38. The van der Waals surface area contributed by atoms with Crippen molar-refractivity contribution in [3.8, 4) is 11.5 Å². The lowest BCUT2D eigenvalue weighted by Gasteiger charge is -2.23. The highest BCUT2D eigenvalue weighted by Gasteiger charge is 2.18. The van der Waals surface area contributed by atoms with Gasteiger partial charge in [-0.25, -0.2) is 0 Å². The van der Waals surface area contributed by atoms with Crippen LogP contribution in [0.1, 0.15) is 39.7 Å². The molecule has 0 bridgehead atoms. The minimum Gasteiger partial charge on any atom is -0.484 e. The van der Waals surface area contributed by atoms with Crippen LogP contribution in [0.4, 0.5) is 0 Å². The fraction of sp³-hybridized carbons (Fsp3) is 0.364. The Hall–Kier alpha value is -2.44. The maximum Gasteiger partial charge on any atom is 0.279 e. The lowest BCUT2D eigenvalue weighted by atomic mass is 9.82. The van der Waals surface area contributed by atoms with Crippen molar-refractivity contribution in [3.05, 3.63) is 58.1 Å². The Morgan fingerprint density at radius 1 is 1.07 bits per heavy atom. The third-order valence-electron chi connectivity index (χ3n) is 4.78. The molecule has 0 aliphatic heterocycles. The number of nitrogens with one attached hydrogen (secondary N) is 2. The molecule has 0 aliphatic carbocycles. The molecule has 0 aliphatic rings. The van der Waals surface area contributed by atoms with Crippen molar-refractivity contribution in [2.75, 3.05) is 6.61 Å². The minimum absolute atomic E-state index is 0.0786. The van der Waals surface area contributed by atoms with Gasteiger partial charge in [0.05, 0.1) is 5.02 Å². The first-order valence-corrected chi connectivity index (χ1v) is 10.3. The molecule has 8 heteroatoms. The first-order valence-electron chi connectivity index (χ1n) is 9.56. The fourth-order valence-electron chi connectivity index (χ4n) is 2.44. The van der Waals surface area contributed by atoms with Crippen LogP contribution in [0.5, 0.6) is 11.5 Å². The predicted octanol–water partition coefficient (Wildman–Crippen LogP) is 4.67. The van der Waals surface area contributed by atoms with Gasteiger partial charge in [0.2, 0.25) is 0 Å². The number of amides is 2. The minimum atomic E-state index is -0.889. The standard InChI is InChI=1S/C22H26Cl2N2O4/c1-5-22(3,4)15-6-9-17(10-7-15)29-13-20(27)25-26-21(28)14(2)30-19-11-8-16(23)12-18(19)24/h6-12,14H,5,13H2,1-4H3,(H,25,27)(H,26,28). The normalized spacial score (nSPS) is 12.1. The van der Waals surface area contributed by atoms with E-state index in [0.29, 0.717) is 16.5 Å². The van der Waals surface area contributed by atoms with Crippen LogP contribution in [0, 0.1) is 0 Å². The van der Waals surface area contributed by atoms with Crippen LogP contribution in [-0.4, -0.2) is 24.5 Å². The second kappa shape index (κ2) is 10.5. The molecular formula is C22H26Cl2N2O4. The molecule has 2 N–H and O–H groups in total. The van der Waals surface area contributed by atoms with E-state index >= 15 is 0 Å². The second-order valence-electron chi connectivity index (χ2n) is 7.42. The number of halogens is 2. The van der Waals surface area contributed by atoms with E-state index in [4.69, 9.17) is 32.7 Å². The molecule has 0 heterocycles. The van der Waals surface area contributed by atoms with Crippen LogP contribution in [0.25, 0.3) is 0 Å². The second-order valence-corrected chi connectivity index (χ2v) is 8.27. The highest BCUT2D eigenvalue weighted by atomic mass is 35.5. The first kappa shape index (κ1) is 23.8. The van der Waals surface area contributed by atoms with Gasteiger partial charge in [0.1, 0.15) is 11.5 Å². The lowest BCUT2D eigenvalue weighted by Crippen LogP contribution is -2.48. The zero-order chi connectivity index (χ0) is 22.3. The monoisotopic (exact) mass is 452 g/mol. The van der Waals surface area contributed by atoms with Crippen LogP contribution in [0.3, 0.4) is 0 Å². The summed E-state index contributed by atoms with van der Waals surface area (Å²) < 4.78 is 10.9. The summed E-state index contributed by atoms with van der Waals surface area (Å²) in [5.41, 5.74) is 5.86. The molecule has 162 valence electrons. The third kappa shape index (κ3) is 6.82. The number of benzene rings is 2. The van der Waals surface area contributed by atoms with Gasteiger partial charge < -0.3 is 9.47 Å². The maximum atomic E-state index is 12.1. The van der Waals surface area contributed by atoms with Crippen molar-refractivity contribution in [2.24, 2.45) is 0 Å². The fourth-order valence-corrected chi connectivity index (χ4v) is 2.89. The number of hydrogen-bond acceptors (Lipinski definition) is 4. The summed E-state index contributed by atoms with van der Waals surface area (Å²) >= 11 is 11.9. The number of rotatable bonds is 8. The zero-order valence-electron chi connectivity index (χ0n) is 17.4. The third-order valence-corrected chi connectivity index (χ3v) is 5.31. The van der Waals surface area contributed by atoms with E-state index in [1.54, 1.807) is 12.1 Å². The van der Waals surface area contributed by atoms with Crippen molar-refractivity contribution in [1.82, 2.24) is 10.9 Å². The molecule has 2 aromatic rings. The number of ether oxygens (including phenoxy) is 2. The highest BCUT2D eigenvalue weighted by Crippen LogP contribution is 2.29. The molecule has 1 atom stereocenters. The number of hydrazine groups is 1. The number of carbonyl (C=O) groups is 2. The largest absolute Gasteiger partial charge is 0.484 e. The Morgan fingerprint density at radius 3 is 2.33 bits per heavy atom. The molecule has 0 spiro atoms. The highest BCUT2D eigenvalue weighted by molar-refractivity contribution is 6.35. The van der Waals surface area contributed by atoms with Gasteiger partial charge in [-0.1, -0.05) is 56.1 Å². The van der Waals surface area contributed by atoms with E-state index < -0.39 is 17.9 Å². The molecule has 0 saturated heterocycles. The Labute approximate surface area is 186 Å². The molecule has 2 aromatic carbocycles. The van der Waals surface area contributed by atoms with Gasteiger partial charge in [0.15, 0.2) is 12.7 Å². The summed E-state index contributed by atoms with van der Waals surface area (Å²) in [6.07, 6.45) is 0.126. The summed E-state index contributed by atoms with van der Waals surface area (Å²) in [6.45, 7) is 7.77. The van der Waals surface area contributed by atoms with E-state index in [0.717, 1.165) is 6.42 Å². The average Bonchev–Trinajstić information content (AvgIpc) is 2.72. The van der Waals surface area contributed by atoms with Crippen molar-refractivity contribution in [1.29, 1.82) is 0 Å². The van der Waals surface area contributed by atoms with E-state index in [9.17, 15) is 9.59 Å². The molecule has 0 fully saturated rings. The van der Waals surface area contributed by atoms with Crippen molar-refractivity contribution in [2.45, 2.75) is 45.6 Å². The number of carbonyl (C=O) groups excluding carboxylic acids is 2. The van der Waals surface area contributed by atoms with Gasteiger partial charge in [-0.3, -0.25) is 20.4 Å². The van der Waals surface area contributed by atoms with Crippen LogP contribution < -0.4 is 20.3 Å². The summed E-state index contributed by atoms with van der Waals surface area (Å²) in [7, 11) is 0. The molecular weight excluding hydrogens is 427 g/mol. The molecule has 2 amide bonds. The molecule has 30 heavy (non-hydrogen) atoms. The van der Waals surface area contributed by atoms with Gasteiger partial charge in [-0.15, -0.1) is 0 Å². The Morgan fingerprint density at radius 2 is 1.73 bits per heavy atom. The molecule has 6 nitrogen and oxygen atoms in total. The maximum absolute atomic E-state index is 12.1. The van der Waals surface area contributed by atoms with E-state index in [2.05, 4.69) is 31.6 Å². The van der Waals surface area contributed by atoms with Gasteiger partial charge in [0, 0.05) is 5.02 Å². The lowest BCUT2D eigenvalue weighted by molar-refractivity contribution is -0.133. The predicted molar refractivity (Wildman–Crippen MR) is 118 cm³/mol. The summed E-state index contributed by atoms with van der Waals surface area (Å²) in [5.74, 6) is -0.159. The average molecular weight is 453 g/mol. The summed E-state index contributed by atoms with van der Waals surface area (Å²) in [4.78, 5) is 24.0.